The normalized spacial score (nSPS) is 28.7. The van der Waals surface area contributed by atoms with E-state index in [4.69, 9.17) is 10.5 Å². The van der Waals surface area contributed by atoms with Crippen LogP contribution in [0.2, 0.25) is 0 Å². The molecule has 1 aliphatic rings. The molecule has 0 amide bonds. The summed E-state index contributed by atoms with van der Waals surface area (Å²) < 4.78 is 6.07. The summed E-state index contributed by atoms with van der Waals surface area (Å²) in [6.45, 7) is 14.9. The van der Waals surface area contributed by atoms with Crippen LogP contribution in [0.5, 0.6) is 0 Å². The van der Waals surface area contributed by atoms with Crippen molar-refractivity contribution in [2.45, 2.75) is 71.2 Å². The highest BCUT2D eigenvalue weighted by atomic mass is 16.5. The van der Waals surface area contributed by atoms with E-state index in [1.165, 1.54) is 0 Å². The Morgan fingerprint density at radius 1 is 1.19 bits per heavy atom. The lowest BCUT2D eigenvalue weighted by Crippen LogP contribution is -2.61. The van der Waals surface area contributed by atoms with Crippen LogP contribution in [0.4, 0.5) is 0 Å². The zero-order valence-corrected chi connectivity index (χ0v) is 11.7. The number of morpholine rings is 1. The average Bonchev–Trinajstić information content (AvgIpc) is 2.10. The molecule has 2 unspecified atom stereocenters. The first-order valence-electron chi connectivity index (χ1n) is 6.37. The van der Waals surface area contributed by atoms with Crippen molar-refractivity contribution in [3.05, 3.63) is 0 Å². The van der Waals surface area contributed by atoms with Gasteiger partial charge in [0.15, 0.2) is 0 Å². The lowest BCUT2D eigenvalue weighted by atomic mass is 9.95. The molecule has 0 aliphatic carbocycles. The molecule has 0 aromatic rings. The van der Waals surface area contributed by atoms with Gasteiger partial charge in [0.1, 0.15) is 0 Å². The van der Waals surface area contributed by atoms with E-state index in [9.17, 15) is 0 Å². The summed E-state index contributed by atoms with van der Waals surface area (Å²) in [7, 11) is 0. The Morgan fingerprint density at radius 2 is 1.62 bits per heavy atom. The summed E-state index contributed by atoms with van der Waals surface area (Å²) in [6, 6.07) is 0.678. The van der Waals surface area contributed by atoms with Gasteiger partial charge < -0.3 is 10.5 Å². The molecule has 1 fully saturated rings. The zero-order valence-electron chi connectivity index (χ0n) is 11.7. The van der Waals surface area contributed by atoms with Crippen LogP contribution < -0.4 is 5.73 Å². The summed E-state index contributed by atoms with van der Waals surface area (Å²) >= 11 is 0. The number of nitrogens with zero attached hydrogens (tertiary/aromatic N) is 1. The van der Waals surface area contributed by atoms with E-state index < -0.39 is 0 Å². The van der Waals surface area contributed by atoms with Crippen LogP contribution in [0, 0.1) is 0 Å². The second kappa shape index (κ2) is 4.63. The van der Waals surface area contributed by atoms with Gasteiger partial charge in [-0.3, -0.25) is 4.90 Å². The maximum atomic E-state index is 6.14. The highest BCUT2D eigenvalue weighted by Crippen LogP contribution is 2.29. The van der Waals surface area contributed by atoms with Crippen LogP contribution in [0.15, 0.2) is 0 Å². The summed E-state index contributed by atoms with van der Waals surface area (Å²) in [5.41, 5.74) is 5.98. The molecule has 96 valence electrons. The molecule has 1 heterocycles. The minimum Gasteiger partial charge on any atom is -0.367 e. The van der Waals surface area contributed by atoms with E-state index in [-0.39, 0.29) is 17.2 Å². The monoisotopic (exact) mass is 228 g/mol. The number of ether oxygens (including phenoxy) is 1. The first-order chi connectivity index (χ1) is 7.17. The molecule has 1 saturated heterocycles. The SMILES string of the molecule is CCC(N)C(C)N1CC(C)(C)OC(C)(C)C1. The number of hydrogen-bond acceptors (Lipinski definition) is 3. The minimum absolute atomic E-state index is 0.0799. The standard InChI is InChI=1S/C13H28N2O/c1-7-11(14)10(2)15-8-12(3,4)16-13(5,6)9-15/h10-11H,7-9,14H2,1-6H3. The van der Waals surface area contributed by atoms with Gasteiger partial charge in [-0.25, -0.2) is 0 Å². The average molecular weight is 228 g/mol. The predicted molar refractivity (Wildman–Crippen MR) is 68.5 cm³/mol. The Bertz CT molecular complexity index is 222. The van der Waals surface area contributed by atoms with E-state index in [0.717, 1.165) is 19.5 Å². The van der Waals surface area contributed by atoms with Crippen LogP contribution in [0.25, 0.3) is 0 Å². The molecule has 0 spiro atoms. The Labute approximate surface area is 100 Å². The molecular formula is C13H28N2O. The summed E-state index contributed by atoms with van der Waals surface area (Å²) in [5.74, 6) is 0. The van der Waals surface area contributed by atoms with Crippen LogP contribution in [-0.4, -0.2) is 41.3 Å². The van der Waals surface area contributed by atoms with Gasteiger partial charge in [0.05, 0.1) is 11.2 Å². The van der Waals surface area contributed by atoms with Gasteiger partial charge in [0.25, 0.3) is 0 Å². The molecule has 0 bridgehead atoms. The Kier molecular flexibility index (Phi) is 4.04. The third-order valence-electron chi connectivity index (χ3n) is 3.39. The highest BCUT2D eigenvalue weighted by molar-refractivity contribution is 4.92. The quantitative estimate of drug-likeness (QED) is 0.803. The van der Waals surface area contributed by atoms with Gasteiger partial charge in [-0.2, -0.15) is 0 Å². The Hall–Kier alpha value is -0.120. The van der Waals surface area contributed by atoms with Crippen molar-refractivity contribution in [3.63, 3.8) is 0 Å². The summed E-state index contributed by atoms with van der Waals surface area (Å²) in [6.07, 6.45) is 1.03. The smallest absolute Gasteiger partial charge is 0.0760 e. The first-order valence-corrected chi connectivity index (χ1v) is 6.37. The molecule has 16 heavy (non-hydrogen) atoms. The van der Waals surface area contributed by atoms with Crippen molar-refractivity contribution in [1.29, 1.82) is 0 Å². The Balaban J connectivity index is 2.74. The van der Waals surface area contributed by atoms with E-state index in [1.54, 1.807) is 0 Å². The summed E-state index contributed by atoms with van der Waals surface area (Å²) in [5, 5.41) is 0. The minimum atomic E-state index is -0.0799. The molecule has 1 rings (SSSR count). The van der Waals surface area contributed by atoms with Gasteiger partial charge in [0.2, 0.25) is 0 Å². The van der Waals surface area contributed by atoms with Crippen molar-refractivity contribution < 1.29 is 4.74 Å². The molecule has 0 aromatic heterocycles. The third kappa shape index (κ3) is 3.44. The fraction of sp³-hybridized carbons (Fsp3) is 1.00. The molecule has 0 saturated carbocycles. The van der Waals surface area contributed by atoms with Crippen molar-refractivity contribution in [2.24, 2.45) is 5.73 Å². The van der Waals surface area contributed by atoms with Crippen LogP contribution in [-0.2, 0) is 4.74 Å². The van der Waals surface area contributed by atoms with Gasteiger partial charge >= 0.3 is 0 Å². The molecule has 3 nitrogen and oxygen atoms in total. The fourth-order valence-corrected chi connectivity index (χ4v) is 2.75. The van der Waals surface area contributed by atoms with Gasteiger partial charge in [-0.1, -0.05) is 6.92 Å². The van der Waals surface area contributed by atoms with Crippen molar-refractivity contribution in [3.8, 4) is 0 Å². The molecular weight excluding hydrogens is 200 g/mol. The fourth-order valence-electron chi connectivity index (χ4n) is 2.75. The highest BCUT2D eigenvalue weighted by Gasteiger charge is 2.40. The molecule has 0 radical (unpaired) electrons. The zero-order chi connectivity index (χ0) is 12.6. The van der Waals surface area contributed by atoms with E-state index in [2.05, 4.69) is 46.4 Å². The molecule has 0 aromatic carbocycles. The topological polar surface area (TPSA) is 38.5 Å². The van der Waals surface area contributed by atoms with Crippen molar-refractivity contribution >= 4 is 0 Å². The lowest BCUT2D eigenvalue weighted by Gasteiger charge is -2.50. The second-order valence-electron chi connectivity index (χ2n) is 6.34. The molecule has 2 atom stereocenters. The second-order valence-corrected chi connectivity index (χ2v) is 6.34. The third-order valence-corrected chi connectivity index (χ3v) is 3.39. The molecule has 1 aliphatic heterocycles. The van der Waals surface area contributed by atoms with Crippen molar-refractivity contribution in [2.75, 3.05) is 13.1 Å². The van der Waals surface area contributed by atoms with Crippen LogP contribution in [0.3, 0.4) is 0 Å². The van der Waals surface area contributed by atoms with Crippen molar-refractivity contribution in [1.82, 2.24) is 4.90 Å². The Morgan fingerprint density at radius 3 is 2.00 bits per heavy atom. The summed E-state index contributed by atoms with van der Waals surface area (Å²) in [4.78, 5) is 2.47. The lowest BCUT2D eigenvalue weighted by molar-refractivity contribution is -0.187. The first kappa shape index (κ1) is 13.9. The molecule has 3 heteroatoms. The van der Waals surface area contributed by atoms with E-state index in [0.29, 0.717) is 6.04 Å². The van der Waals surface area contributed by atoms with Crippen LogP contribution in [0.1, 0.15) is 48.0 Å². The van der Waals surface area contributed by atoms with Gasteiger partial charge in [-0.05, 0) is 41.0 Å². The molecule has 2 N–H and O–H groups in total. The van der Waals surface area contributed by atoms with E-state index >= 15 is 0 Å². The number of rotatable bonds is 3. The maximum Gasteiger partial charge on any atom is 0.0760 e. The number of nitrogens with two attached hydrogens (primary N) is 1. The van der Waals surface area contributed by atoms with Crippen LogP contribution >= 0.6 is 0 Å². The van der Waals surface area contributed by atoms with Gasteiger partial charge in [0, 0.05) is 25.2 Å². The largest absolute Gasteiger partial charge is 0.367 e. The predicted octanol–water partition coefficient (Wildman–Crippen LogP) is 2.00. The van der Waals surface area contributed by atoms with Gasteiger partial charge in [-0.15, -0.1) is 0 Å². The maximum absolute atomic E-state index is 6.14. The van der Waals surface area contributed by atoms with E-state index in [1.807, 2.05) is 0 Å². The number of hydrogen-bond donors (Lipinski definition) is 1.